The van der Waals surface area contributed by atoms with E-state index in [1.54, 1.807) is 0 Å². The Kier molecular flexibility index (Phi) is 3.49. The Balaban J connectivity index is 1.37. The van der Waals surface area contributed by atoms with E-state index in [-0.39, 0.29) is 0 Å². The van der Waals surface area contributed by atoms with Gasteiger partial charge in [-0.05, 0) is 45.1 Å². The van der Waals surface area contributed by atoms with E-state index >= 15 is 0 Å². The number of ether oxygens (including phenoxy) is 1. The number of carbonyl (C=O) groups excluding carboxylic acids is 1. The topological polar surface area (TPSA) is 32.8 Å². The molecule has 21 heavy (non-hydrogen) atoms. The summed E-state index contributed by atoms with van der Waals surface area (Å²) in [7, 11) is 2.22. The minimum atomic E-state index is 0.308. The molecule has 0 N–H and O–H groups in total. The Bertz CT molecular complexity index is 419. The van der Waals surface area contributed by atoms with E-state index in [0.717, 1.165) is 58.2 Å². The number of nitrogens with zero attached hydrogens (tertiary/aromatic N) is 2. The van der Waals surface area contributed by atoms with Crippen LogP contribution in [0.1, 0.15) is 32.1 Å². The van der Waals surface area contributed by atoms with Gasteiger partial charge in [0.15, 0.2) is 0 Å². The smallest absolute Gasteiger partial charge is 0.225 e. The summed E-state index contributed by atoms with van der Waals surface area (Å²) in [5.74, 6) is 2.25. The van der Waals surface area contributed by atoms with Crippen molar-refractivity contribution in [1.82, 2.24) is 9.80 Å². The van der Waals surface area contributed by atoms with Crippen molar-refractivity contribution in [3.05, 3.63) is 0 Å². The first kappa shape index (κ1) is 14.0. The summed E-state index contributed by atoms with van der Waals surface area (Å²) in [5, 5.41) is 0. The molecule has 2 saturated heterocycles. The van der Waals surface area contributed by atoms with Gasteiger partial charge in [-0.3, -0.25) is 4.79 Å². The molecule has 0 unspecified atom stereocenters. The molecule has 2 aliphatic carbocycles. The number of rotatable bonds is 5. The molecule has 1 amide bonds. The molecule has 1 spiro atoms. The molecular formula is C17H28N2O2. The van der Waals surface area contributed by atoms with Crippen molar-refractivity contribution < 1.29 is 9.53 Å². The van der Waals surface area contributed by atoms with Gasteiger partial charge in [-0.1, -0.05) is 0 Å². The quantitative estimate of drug-likeness (QED) is 0.772. The minimum absolute atomic E-state index is 0.308. The zero-order valence-corrected chi connectivity index (χ0v) is 13.2. The Morgan fingerprint density at radius 2 is 2.00 bits per heavy atom. The van der Waals surface area contributed by atoms with E-state index in [4.69, 9.17) is 4.74 Å². The highest BCUT2D eigenvalue weighted by Crippen LogP contribution is 2.45. The fourth-order valence-corrected chi connectivity index (χ4v) is 4.33. The van der Waals surface area contributed by atoms with E-state index in [1.807, 2.05) is 0 Å². The maximum atomic E-state index is 12.3. The average molecular weight is 292 g/mol. The second kappa shape index (κ2) is 5.24. The molecule has 2 saturated carbocycles. The highest BCUT2D eigenvalue weighted by atomic mass is 16.5. The molecule has 2 atom stereocenters. The van der Waals surface area contributed by atoms with Crippen LogP contribution in [0, 0.1) is 23.2 Å². The Hall–Kier alpha value is -0.610. The molecule has 2 heterocycles. The lowest BCUT2D eigenvalue weighted by Crippen LogP contribution is -2.38. The highest BCUT2D eigenvalue weighted by Gasteiger charge is 2.51. The van der Waals surface area contributed by atoms with E-state index in [2.05, 4.69) is 16.8 Å². The third-order valence-corrected chi connectivity index (χ3v) is 5.98. The lowest BCUT2D eigenvalue weighted by atomic mass is 9.77. The lowest BCUT2D eigenvalue weighted by Gasteiger charge is -2.30. The number of hydrogen-bond donors (Lipinski definition) is 0. The zero-order valence-electron chi connectivity index (χ0n) is 13.2. The van der Waals surface area contributed by atoms with Gasteiger partial charge in [-0.2, -0.15) is 0 Å². The summed E-state index contributed by atoms with van der Waals surface area (Å²) >= 11 is 0. The number of carbonyl (C=O) groups is 1. The number of hydrogen-bond acceptors (Lipinski definition) is 3. The predicted octanol–water partition coefficient (Wildman–Crippen LogP) is 1.60. The highest BCUT2D eigenvalue weighted by molar-refractivity contribution is 5.81. The second-order valence-corrected chi connectivity index (χ2v) is 8.02. The fraction of sp³-hybridized carbons (Fsp3) is 0.941. The van der Waals surface area contributed by atoms with Gasteiger partial charge in [0.1, 0.15) is 0 Å². The minimum Gasteiger partial charge on any atom is -0.381 e. The lowest BCUT2D eigenvalue weighted by molar-refractivity contribution is -0.132. The molecule has 4 nitrogen and oxygen atoms in total. The second-order valence-electron chi connectivity index (χ2n) is 8.02. The van der Waals surface area contributed by atoms with Crippen LogP contribution < -0.4 is 0 Å². The summed E-state index contributed by atoms with van der Waals surface area (Å²) in [6.07, 6.45) is 6.14. The van der Waals surface area contributed by atoms with Crippen LogP contribution in [0.25, 0.3) is 0 Å². The van der Waals surface area contributed by atoms with E-state index in [9.17, 15) is 4.79 Å². The normalized spacial score (nSPS) is 36.8. The molecule has 4 heteroatoms. The summed E-state index contributed by atoms with van der Waals surface area (Å²) in [6, 6.07) is 0. The molecule has 4 aliphatic rings. The van der Waals surface area contributed by atoms with Crippen molar-refractivity contribution in [3.8, 4) is 0 Å². The first-order valence-corrected chi connectivity index (χ1v) is 8.71. The third-order valence-electron chi connectivity index (χ3n) is 5.98. The average Bonchev–Trinajstić information content (AvgIpc) is 3.36. The predicted molar refractivity (Wildman–Crippen MR) is 80.9 cm³/mol. The summed E-state index contributed by atoms with van der Waals surface area (Å²) in [5.41, 5.74) is 0.308. The molecule has 0 bridgehead atoms. The van der Waals surface area contributed by atoms with Crippen molar-refractivity contribution in [2.24, 2.45) is 23.2 Å². The van der Waals surface area contributed by atoms with Crippen LogP contribution in [0.15, 0.2) is 0 Å². The van der Waals surface area contributed by atoms with Crippen molar-refractivity contribution in [2.75, 3.05) is 46.4 Å². The Morgan fingerprint density at radius 3 is 2.71 bits per heavy atom. The molecule has 4 rings (SSSR count). The standard InChI is InChI=1S/C17H28N2O2/c1-18-8-15(10-21-9-13-2-3-13)17(11-18)6-7-19(12-17)16(20)14-4-5-14/h13-15H,2-12H2,1H3/t15-,17+/m0/s1. The molecule has 2 aliphatic heterocycles. The van der Waals surface area contributed by atoms with Gasteiger partial charge in [-0.15, -0.1) is 0 Å². The first-order valence-electron chi connectivity index (χ1n) is 8.71. The van der Waals surface area contributed by atoms with Crippen LogP contribution in [0.4, 0.5) is 0 Å². The molecule has 0 aromatic carbocycles. The largest absolute Gasteiger partial charge is 0.381 e. The van der Waals surface area contributed by atoms with E-state index < -0.39 is 0 Å². The van der Waals surface area contributed by atoms with Crippen LogP contribution in [0.5, 0.6) is 0 Å². The molecule has 0 aromatic heterocycles. The van der Waals surface area contributed by atoms with Crippen molar-refractivity contribution in [2.45, 2.75) is 32.1 Å². The first-order chi connectivity index (χ1) is 10.2. The van der Waals surface area contributed by atoms with Gasteiger partial charge in [-0.25, -0.2) is 0 Å². The van der Waals surface area contributed by atoms with Crippen molar-refractivity contribution >= 4 is 5.91 Å². The van der Waals surface area contributed by atoms with Gasteiger partial charge >= 0.3 is 0 Å². The maximum absolute atomic E-state index is 12.3. The zero-order chi connectivity index (χ0) is 14.4. The van der Waals surface area contributed by atoms with Crippen LogP contribution >= 0.6 is 0 Å². The van der Waals surface area contributed by atoms with Crippen LogP contribution in [0.3, 0.4) is 0 Å². The summed E-state index contributed by atoms with van der Waals surface area (Å²) in [4.78, 5) is 16.9. The number of likely N-dealkylation sites (tertiary alicyclic amines) is 2. The summed E-state index contributed by atoms with van der Waals surface area (Å²) in [6.45, 7) is 6.08. The monoisotopic (exact) mass is 292 g/mol. The van der Waals surface area contributed by atoms with Gasteiger partial charge in [0.05, 0.1) is 6.61 Å². The van der Waals surface area contributed by atoms with Gasteiger partial charge in [0, 0.05) is 50.0 Å². The molecule has 4 fully saturated rings. The van der Waals surface area contributed by atoms with Gasteiger partial charge in [0.25, 0.3) is 0 Å². The van der Waals surface area contributed by atoms with Gasteiger partial charge < -0.3 is 14.5 Å². The molecular weight excluding hydrogens is 264 g/mol. The van der Waals surface area contributed by atoms with Crippen molar-refractivity contribution in [3.63, 3.8) is 0 Å². The molecule has 0 aromatic rings. The summed E-state index contributed by atoms with van der Waals surface area (Å²) < 4.78 is 6.00. The maximum Gasteiger partial charge on any atom is 0.225 e. The number of amides is 1. The van der Waals surface area contributed by atoms with Gasteiger partial charge in [0.2, 0.25) is 5.91 Å². The van der Waals surface area contributed by atoms with E-state index in [1.165, 1.54) is 19.3 Å². The van der Waals surface area contributed by atoms with Crippen LogP contribution in [-0.4, -0.2) is 62.1 Å². The SMILES string of the molecule is CN1C[C@@H](COCC2CC2)[C@]2(CCN(C(=O)C3CC3)C2)C1. The Morgan fingerprint density at radius 1 is 1.19 bits per heavy atom. The van der Waals surface area contributed by atoms with E-state index in [0.29, 0.717) is 23.2 Å². The third kappa shape index (κ3) is 2.85. The fourth-order valence-electron chi connectivity index (χ4n) is 4.33. The molecule has 0 radical (unpaired) electrons. The van der Waals surface area contributed by atoms with Crippen LogP contribution in [-0.2, 0) is 9.53 Å². The molecule has 118 valence electrons. The van der Waals surface area contributed by atoms with Crippen LogP contribution in [0.2, 0.25) is 0 Å². The Labute approximate surface area is 127 Å². The van der Waals surface area contributed by atoms with Crippen molar-refractivity contribution in [1.29, 1.82) is 0 Å².